The fraction of sp³-hybridized carbons (Fsp3) is 0.588. The van der Waals surface area contributed by atoms with Crippen LogP contribution in [0.4, 0.5) is 13.2 Å². The molecule has 0 radical (unpaired) electrons. The molecule has 2 atom stereocenters. The number of nitrogens with one attached hydrogen (secondary N) is 1. The van der Waals surface area contributed by atoms with Gasteiger partial charge in [-0.1, -0.05) is 12.1 Å². The van der Waals surface area contributed by atoms with E-state index in [9.17, 15) is 18.0 Å². The maximum absolute atomic E-state index is 12.9. The minimum atomic E-state index is -4.20. The monoisotopic (exact) mass is 344 g/mol. The van der Waals surface area contributed by atoms with E-state index in [1.807, 2.05) is 12.1 Å². The second-order valence-electron chi connectivity index (χ2n) is 6.12. The molecule has 1 N–H and O–H groups in total. The molecule has 2 rings (SSSR count). The minimum absolute atomic E-state index is 0.110. The Hall–Kier alpha value is -1.76. The third-order valence-corrected chi connectivity index (χ3v) is 4.47. The molecule has 0 spiro atoms. The van der Waals surface area contributed by atoms with Crippen LogP contribution in [0, 0.1) is 5.92 Å². The maximum atomic E-state index is 12.9. The maximum Gasteiger partial charge on any atom is 0.393 e. The normalized spacial score (nSPS) is 20.5. The van der Waals surface area contributed by atoms with Gasteiger partial charge in [-0.2, -0.15) is 13.2 Å². The molecule has 1 aromatic carbocycles. The van der Waals surface area contributed by atoms with Crippen molar-refractivity contribution in [1.82, 2.24) is 10.2 Å². The van der Waals surface area contributed by atoms with Crippen LogP contribution in [0.5, 0.6) is 5.75 Å². The highest BCUT2D eigenvalue weighted by molar-refractivity contribution is 5.81. The van der Waals surface area contributed by atoms with Crippen molar-refractivity contribution in [1.29, 1.82) is 0 Å². The summed E-state index contributed by atoms with van der Waals surface area (Å²) in [5, 5.41) is 2.78. The first-order valence-electron chi connectivity index (χ1n) is 8.02. The minimum Gasteiger partial charge on any atom is -0.497 e. The van der Waals surface area contributed by atoms with Gasteiger partial charge in [0.15, 0.2) is 0 Å². The Kier molecular flexibility index (Phi) is 6.10. The Morgan fingerprint density at radius 2 is 2.04 bits per heavy atom. The molecule has 24 heavy (non-hydrogen) atoms. The zero-order chi connectivity index (χ0) is 17.7. The average molecular weight is 344 g/mol. The summed E-state index contributed by atoms with van der Waals surface area (Å²) in [6, 6.07) is 6.69. The third kappa shape index (κ3) is 4.87. The smallest absolute Gasteiger partial charge is 0.393 e. The number of halogens is 3. The van der Waals surface area contributed by atoms with E-state index < -0.39 is 18.1 Å². The van der Waals surface area contributed by atoms with E-state index in [-0.39, 0.29) is 18.9 Å². The van der Waals surface area contributed by atoms with Gasteiger partial charge < -0.3 is 10.1 Å². The number of carbonyl (C=O) groups excluding carboxylic acids is 1. The fourth-order valence-corrected chi connectivity index (χ4v) is 2.87. The molecule has 1 heterocycles. The molecule has 7 heteroatoms. The average Bonchev–Trinajstić information content (AvgIpc) is 2.58. The number of nitrogens with zero attached hydrogens (tertiary/aromatic N) is 1. The van der Waals surface area contributed by atoms with Gasteiger partial charge in [-0.15, -0.1) is 0 Å². The Bertz CT molecular complexity index is 546. The highest BCUT2D eigenvalue weighted by Crippen LogP contribution is 2.33. The van der Waals surface area contributed by atoms with E-state index in [4.69, 9.17) is 4.74 Å². The van der Waals surface area contributed by atoms with Gasteiger partial charge in [0.05, 0.1) is 19.1 Å². The number of likely N-dealkylation sites (tertiary alicyclic amines) is 1. The quantitative estimate of drug-likeness (QED) is 0.893. The van der Waals surface area contributed by atoms with Crippen molar-refractivity contribution >= 4 is 5.91 Å². The van der Waals surface area contributed by atoms with Gasteiger partial charge in [0, 0.05) is 13.1 Å². The summed E-state index contributed by atoms with van der Waals surface area (Å²) in [4.78, 5) is 13.9. The highest BCUT2D eigenvalue weighted by atomic mass is 19.4. The molecule has 1 aliphatic heterocycles. The second kappa shape index (κ2) is 7.88. The van der Waals surface area contributed by atoms with Crippen molar-refractivity contribution in [2.24, 2.45) is 5.92 Å². The number of methoxy groups -OCH3 is 1. The molecule has 1 fully saturated rings. The lowest BCUT2D eigenvalue weighted by atomic mass is 9.96. The number of ether oxygens (including phenoxy) is 1. The molecule has 134 valence electrons. The zero-order valence-corrected chi connectivity index (χ0v) is 13.9. The Balaban J connectivity index is 1.86. The molecule has 1 saturated heterocycles. The second-order valence-corrected chi connectivity index (χ2v) is 6.12. The first-order valence-corrected chi connectivity index (χ1v) is 8.02. The molecule has 1 amide bonds. The Morgan fingerprint density at radius 3 is 2.62 bits per heavy atom. The Morgan fingerprint density at radius 1 is 1.38 bits per heavy atom. The summed E-state index contributed by atoms with van der Waals surface area (Å²) < 4.78 is 43.7. The third-order valence-electron chi connectivity index (χ3n) is 4.47. The van der Waals surface area contributed by atoms with Crippen LogP contribution < -0.4 is 10.1 Å². The molecule has 1 aliphatic rings. The summed E-state index contributed by atoms with van der Waals surface area (Å²) in [5.41, 5.74) is 0.906. The predicted octanol–water partition coefficient (Wildman–Crippen LogP) is 2.97. The highest BCUT2D eigenvalue weighted by Gasteiger charge is 2.43. The topological polar surface area (TPSA) is 41.6 Å². The molecular formula is C17H23F3N2O2. The van der Waals surface area contributed by atoms with Crippen molar-refractivity contribution in [3.05, 3.63) is 29.8 Å². The van der Waals surface area contributed by atoms with E-state index in [0.29, 0.717) is 19.5 Å². The van der Waals surface area contributed by atoms with Crippen LogP contribution in [0.1, 0.15) is 25.3 Å². The SMILES string of the molecule is COc1ccc(CNC(=O)[C@H](C)N2CCC[C@@H](C(F)(F)F)C2)cc1. The molecule has 0 unspecified atom stereocenters. The number of rotatable bonds is 5. The first kappa shape index (κ1) is 18.6. The summed E-state index contributed by atoms with van der Waals surface area (Å²) in [5.74, 6) is -0.873. The largest absolute Gasteiger partial charge is 0.497 e. The fourth-order valence-electron chi connectivity index (χ4n) is 2.87. The summed E-state index contributed by atoms with van der Waals surface area (Å²) in [6.45, 7) is 2.40. The number of hydrogen-bond acceptors (Lipinski definition) is 3. The van der Waals surface area contributed by atoms with Crippen molar-refractivity contribution in [2.75, 3.05) is 20.2 Å². The van der Waals surface area contributed by atoms with Crippen LogP contribution in [-0.2, 0) is 11.3 Å². The van der Waals surface area contributed by atoms with Gasteiger partial charge in [0.1, 0.15) is 5.75 Å². The lowest BCUT2D eigenvalue weighted by molar-refractivity contribution is -0.188. The summed E-state index contributed by atoms with van der Waals surface area (Å²) >= 11 is 0. The Labute approximate surface area is 140 Å². The van der Waals surface area contributed by atoms with E-state index in [0.717, 1.165) is 11.3 Å². The molecule has 0 bridgehead atoms. The van der Waals surface area contributed by atoms with Crippen LogP contribution in [0.2, 0.25) is 0 Å². The molecule has 0 aromatic heterocycles. The van der Waals surface area contributed by atoms with E-state index in [2.05, 4.69) is 5.32 Å². The number of carbonyl (C=O) groups is 1. The lowest BCUT2D eigenvalue weighted by Crippen LogP contribution is -2.51. The molecule has 4 nitrogen and oxygen atoms in total. The van der Waals surface area contributed by atoms with Crippen LogP contribution in [0.15, 0.2) is 24.3 Å². The van der Waals surface area contributed by atoms with Crippen LogP contribution in [0.25, 0.3) is 0 Å². The number of benzene rings is 1. The number of hydrogen-bond donors (Lipinski definition) is 1. The van der Waals surface area contributed by atoms with Gasteiger partial charge in [-0.3, -0.25) is 9.69 Å². The molecule has 1 aromatic rings. The zero-order valence-electron chi connectivity index (χ0n) is 13.9. The summed E-state index contributed by atoms with van der Waals surface area (Å²) in [7, 11) is 1.57. The van der Waals surface area contributed by atoms with Crippen LogP contribution >= 0.6 is 0 Å². The van der Waals surface area contributed by atoms with Gasteiger partial charge in [0.2, 0.25) is 5.91 Å². The van der Waals surface area contributed by atoms with Crippen LogP contribution in [-0.4, -0.2) is 43.2 Å². The van der Waals surface area contributed by atoms with Crippen molar-refractivity contribution < 1.29 is 22.7 Å². The standard InChI is InChI=1S/C17H23F3N2O2/c1-12(22-9-3-4-14(11-22)17(18,19)20)16(23)21-10-13-5-7-15(24-2)8-6-13/h5-8,12,14H,3-4,9-11H2,1-2H3,(H,21,23)/t12-,14+/m0/s1. The first-order chi connectivity index (χ1) is 11.3. The van der Waals surface area contributed by atoms with Gasteiger partial charge in [-0.05, 0) is 44.0 Å². The van der Waals surface area contributed by atoms with Crippen molar-refractivity contribution in [3.8, 4) is 5.75 Å². The molecule has 0 saturated carbocycles. The lowest BCUT2D eigenvalue weighted by Gasteiger charge is -2.36. The van der Waals surface area contributed by atoms with Gasteiger partial charge in [0.25, 0.3) is 0 Å². The van der Waals surface area contributed by atoms with Crippen molar-refractivity contribution in [3.63, 3.8) is 0 Å². The number of piperidine rings is 1. The molecular weight excluding hydrogens is 321 g/mol. The van der Waals surface area contributed by atoms with Crippen molar-refractivity contribution in [2.45, 2.75) is 38.5 Å². The van der Waals surface area contributed by atoms with Crippen LogP contribution in [0.3, 0.4) is 0 Å². The van der Waals surface area contributed by atoms with Gasteiger partial charge in [-0.25, -0.2) is 0 Å². The van der Waals surface area contributed by atoms with E-state index in [1.165, 1.54) is 0 Å². The molecule has 0 aliphatic carbocycles. The van der Waals surface area contributed by atoms with Gasteiger partial charge >= 0.3 is 6.18 Å². The number of amides is 1. The predicted molar refractivity (Wildman–Crippen MR) is 84.7 cm³/mol. The van der Waals surface area contributed by atoms with E-state index >= 15 is 0 Å². The van der Waals surface area contributed by atoms with E-state index in [1.54, 1.807) is 31.1 Å². The summed E-state index contributed by atoms with van der Waals surface area (Å²) in [6.07, 6.45) is -3.60. The number of alkyl halides is 3.